The van der Waals surface area contributed by atoms with Gasteiger partial charge in [-0.1, -0.05) is 66.7 Å². The molecule has 0 saturated carbocycles. The van der Waals surface area contributed by atoms with Gasteiger partial charge in [0.1, 0.15) is 12.4 Å². The summed E-state index contributed by atoms with van der Waals surface area (Å²) in [5.41, 5.74) is 2.94. The minimum absolute atomic E-state index is 0.100. The second kappa shape index (κ2) is 12.5. The fraction of sp³-hybridized carbons (Fsp3) is 0.250. The minimum atomic E-state index is -0.489. The standard InChI is InChI=1S/C32H32FN5O2/c1-24(25-10-4-2-5-11-25)38(32(40)27-14-8-15-28(33)22-27)23-31(39)37-19-9-18-36(20-21-37)30-17-16-29(34-35-30)26-12-6-3-7-13-26/h2-8,10-17,22,24H,9,18-21,23H2,1H3/t24-/m0/s1. The van der Waals surface area contributed by atoms with Gasteiger partial charge >= 0.3 is 0 Å². The monoisotopic (exact) mass is 537 g/mol. The molecule has 5 rings (SSSR count). The van der Waals surface area contributed by atoms with E-state index in [4.69, 9.17) is 0 Å². The van der Waals surface area contributed by atoms with E-state index in [1.54, 1.807) is 11.0 Å². The van der Waals surface area contributed by atoms with Crippen LogP contribution in [-0.4, -0.2) is 64.5 Å². The molecule has 0 radical (unpaired) electrons. The first-order valence-corrected chi connectivity index (χ1v) is 13.5. The van der Waals surface area contributed by atoms with E-state index in [1.807, 2.05) is 79.7 Å². The highest BCUT2D eigenvalue weighted by atomic mass is 19.1. The zero-order valence-electron chi connectivity index (χ0n) is 22.5. The lowest BCUT2D eigenvalue weighted by atomic mass is 10.1. The van der Waals surface area contributed by atoms with Crippen LogP contribution in [0.15, 0.2) is 97.1 Å². The Kier molecular flexibility index (Phi) is 8.44. The van der Waals surface area contributed by atoms with Crippen LogP contribution in [0.25, 0.3) is 11.3 Å². The molecule has 1 saturated heterocycles. The number of nitrogens with zero attached hydrogens (tertiary/aromatic N) is 5. The van der Waals surface area contributed by atoms with Crippen molar-refractivity contribution in [3.05, 3.63) is 114 Å². The van der Waals surface area contributed by atoms with Crippen LogP contribution < -0.4 is 4.90 Å². The van der Waals surface area contributed by atoms with E-state index >= 15 is 0 Å². The zero-order chi connectivity index (χ0) is 27.9. The molecule has 0 N–H and O–H groups in total. The highest BCUT2D eigenvalue weighted by Crippen LogP contribution is 2.24. The molecule has 0 bridgehead atoms. The topological polar surface area (TPSA) is 69.6 Å². The van der Waals surface area contributed by atoms with E-state index < -0.39 is 5.82 Å². The van der Waals surface area contributed by atoms with Crippen LogP contribution in [0.3, 0.4) is 0 Å². The predicted octanol–water partition coefficient (Wildman–Crippen LogP) is 5.23. The van der Waals surface area contributed by atoms with Crippen LogP contribution in [0.2, 0.25) is 0 Å². The fourth-order valence-electron chi connectivity index (χ4n) is 4.98. The number of carbonyl (C=O) groups is 2. The first-order chi connectivity index (χ1) is 19.5. The van der Waals surface area contributed by atoms with Crippen LogP contribution >= 0.6 is 0 Å². The minimum Gasteiger partial charge on any atom is -0.353 e. The molecular weight excluding hydrogens is 505 g/mol. The second-order valence-electron chi connectivity index (χ2n) is 9.89. The largest absolute Gasteiger partial charge is 0.353 e. The van der Waals surface area contributed by atoms with Crippen LogP contribution in [0.4, 0.5) is 10.2 Å². The summed E-state index contributed by atoms with van der Waals surface area (Å²) in [5, 5.41) is 8.86. The molecule has 2 heterocycles. The number of amides is 2. The molecule has 7 nitrogen and oxygen atoms in total. The van der Waals surface area contributed by atoms with E-state index in [1.165, 1.54) is 23.1 Å². The number of halogens is 1. The Hall–Kier alpha value is -4.59. The van der Waals surface area contributed by atoms with Gasteiger partial charge in [-0.3, -0.25) is 9.59 Å². The number of anilines is 1. The Morgan fingerprint density at radius 1 is 0.850 bits per heavy atom. The molecule has 0 spiro atoms. The number of rotatable bonds is 7. The Balaban J connectivity index is 1.28. The molecule has 3 aromatic carbocycles. The quantitative estimate of drug-likeness (QED) is 0.323. The van der Waals surface area contributed by atoms with Gasteiger partial charge in [0.05, 0.1) is 11.7 Å². The van der Waals surface area contributed by atoms with Gasteiger partial charge in [-0.25, -0.2) is 4.39 Å². The maximum Gasteiger partial charge on any atom is 0.254 e. The Morgan fingerprint density at radius 2 is 1.60 bits per heavy atom. The van der Waals surface area contributed by atoms with Crippen molar-refractivity contribution in [2.45, 2.75) is 19.4 Å². The fourth-order valence-corrected chi connectivity index (χ4v) is 4.98. The van der Waals surface area contributed by atoms with Gasteiger partial charge in [-0.2, -0.15) is 0 Å². The molecular formula is C32H32FN5O2. The van der Waals surface area contributed by atoms with Gasteiger partial charge in [0.25, 0.3) is 5.91 Å². The lowest BCUT2D eigenvalue weighted by Gasteiger charge is -2.32. The summed E-state index contributed by atoms with van der Waals surface area (Å²) in [6.45, 7) is 4.22. The van der Waals surface area contributed by atoms with E-state index in [-0.39, 0.29) is 30.0 Å². The molecule has 40 heavy (non-hydrogen) atoms. The molecule has 1 atom stereocenters. The number of carbonyl (C=O) groups excluding carboxylic acids is 2. The number of hydrogen-bond donors (Lipinski definition) is 0. The van der Waals surface area contributed by atoms with Crippen LogP contribution in [0.1, 0.15) is 35.3 Å². The molecule has 1 aromatic heterocycles. The van der Waals surface area contributed by atoms with Crippen molar-refractivity contribution in [3.63, 3.8) is 0 Å². The SMILES string of the molecule is C[C@@H](c1ccccc1)N(CC(=O)N1CCCN(c2ccc(-c3ccccc3)nn2)CC1)C(=O)c1cccc(F)c1. The van der Waals surface area contributed by atoms with Crippen molar-refractivity contribution in [1.82, 2.24) is 20.0 Å². The lowest BCUT2D eigenvalue weighted by molar-refractivity contribution is -0.132. The van der Waals surface area contributed by atoms with Gasteiger partial charge < -0.3 is 14.7 Å². The average molecular weight is 538 g/mol. The number of aromatic nitrogens is 2. The highest BCUT2D eigenvalue weighted by molar-refractivity contribution is 5.96. The lowest BCUT2D eigenvalue weighted by Crippen LogP contribution is -2.45. The Labute approximate surface area is 233 Å². The summed E-state index contributed by atoms with van der Waals surface area (Å²) in [6.07, 6.45) is 0.764. The molecule has 1 aliphatic rings. The maximum atomic E-state index is 13.9. The average Bonchev–Trinajstić information content (AvgIpc) is 3.27. The van der Waals surface area contributed by atoms with Gasteiger partial charge in [0.15, 0.2) is 5.82 Å². The van der Waals surface area contributed by atoms with Crippen molar-refractivity contribution in [2.75, 3.05) is 37.6 Å². The van der Waals surface area contributed by atoms with E-state index in [0.29, 0.717) is 19.6 Å². The first-order valence-electron chi connectivity index (χ1n) is 13.5. The summed E-state index contributed by atoms with van der Waals surface area (Å²) in [4.78, 5) is 32.6. The molecule has 0 unspecified atom stereocenters. The van der Waals surface area contributed by atoms with E-state index in [2.05, 4.69) is 15.1 Å². The second-order valence-corrected chi connectivity index (χ2v) is 9.89. The highest BCUT2D eigenvalue weighted by Gasteiger charge is 2.28. The molecule has 1 fully saturated rings. The normalized spacial score (nSPS) is 14.3. The van der Waals surface area contributed by atoms with Gasteiger partial charge in [0.2, 0.25) is 5.91 Å². The zero-order valence-corrected chi connectivity index (χ0v) is 22.5. The third-order valence-corrected chi connectivity index (χ3v) is 7.28. The van der Waals surface area contributed by atoms with E-state index in [9.17, 15) is 14.0 Å². The summed E-state index contributed by atoms with van der Waals surface area (Å²) >= 11 is 0. The summed E-state index contributed by atoms with van der Waals surface area (Å²) < 4.78 is 13.9. The number of hydrogen-bond acceptors (Lipinski definition) is 5. The van der Waals surface area contributed by atoms with Gasteiger partial charge in [-0.15, -0.1) is 10.2 Å². The van der Waals surface area contributed by atoms with Gasteiger partial charge in [0, 0.05) is 37.3 Å². The van der Waals surface area contributed by atoms with Crippen molar-refractivity contribution < 1.29 is 14.0 Å². The van der Waals surface area contributed by atoms with Crippen molar-refractivity contribution in [1.29, 1.82) is 0 Å². The first kappa shape index (κ1) is 27.0. The summed E-state index contributed by atoms with van der Waals surface area (Å²) in [7, 11) is 0. The molecule has 2 amide bonds. The molecule has 4 aromatic rings. The molecule has 8 heteroatoms. The third kappa shape index (κ3) is 6.34. The van der Waals surface area contributed by atoms with E-state index in [0.717, 1.165) is 35.6 Å². The molecule has 1 aliphatic heterocycles. The van der Waals surface area contributed by atoms with Crippen LogP contribution in [0, 0.1) is 5.82 Å². The van der Waals surface area contributed by atoms with Crippen molar-refractivity contribution in [2.24, 2.45) is 0 Å². The summed E-state index contributed by atoms with van der Waals surface area (Å²) in [5.74, 6) is -0.235. The van der Waals surface area contributed by atoms with Crippen LogP contribution in [0.5, 0.6) is 0 Å². The van der Waals surface area contributed by atoms with Crippen molar-refractivity contribution in [3.8, 4) is 11.3 Å². The number of benzene rings is 3. The summed E-state index contributed by atoms with van der Waals surface area (Å²) in [6, 6.07) is 28.6. The van der Waals surface area contributed by atoms with Gasteiger partial charge in [-0.05, 0) is 49.2 Å². The Morgan fingerprint density at radius 3 is 2.30 bits per heavy atom. The molecule has 0 aliphatic carbocycles. The Bertz CT molecular complexity index is 1430. The maximum absolute atomic E-state index is 13.9. The third-order valence-electron chi connectivity index (χ3n) is 7.28. The predicted molar refractivity (Wildman–Crippen MR) is 153 cm³/mol. The molecule has 204 valence electrons. The van der Waals surface area contributed by atoms with Crippen LogP contribution in [-0.2, 0) is 4.79 Å². The smallest absolute Gasteiger partial charge is 0.254 e. The van der Waals surface area contributed by atoms with Crippen molar-refractivity contribution >= 4 is 17.6 Å².